The van der Waals surface area contributed by atoms with Gasteiger partial charge in [0, 0.05) is 11.8 Å². The summed E-state index contributed by atoms with van der Waals surface area (Å²) in [7, 11) is 0. The van der Waals surface area contributed by atoms with Crippen LogP contribution in [0, 0.1) is 6.92 Å². The first-order valence-corrected chi connectivity index (χ1v) is 8.10. The third kappa shape index (κ3) is 3.74. The number of nitrogens with zero attached hydrogens (tertiary/aromatic N) is 1. The maximum Gasteiger partial charge on any atom is 0.267 e. The first-order chi connectivity index (χ1) is 12.1. The number of fused-ring (bicyclic) bond motifs is 1. The van der Waals surface area contributed by atoms with Crippen LogP contribution in [0.5, 0.6) is 11.5 Å². The molecule has 1 heterocycles. The molecule has 0 fully saturated rings. The first-order valence-electron chi connectivity index (χ1n) is 8.10. The zero-order chi connectivity index (χ0) is 17.8. The van der Waals surface area contributed by atoms with Gasteiger partial charge >= 0.3 is 0 Å². The molecule has 1 aliphatic heterocycles. The van der Waals surface area contributed by atoms with Crippen molar-refractivity contribution >= 4 is 23.7 Å². The molecule has 0 spiro atoms. The number of anilines is 2. The smallest absolute Gasteiger partial charge is 0.267 e. The first kappa shape index (κ1) is 16.8. The van der Waals surface area contributed by atoms with E-state index in [-0.39, 0.29) is 5.91 Å². The molecule has 0 aliphatic carbocycles. The third-order valence-electron chi connectivity index (χ3n) is 4.00. The quantitative estimate of drug-likeness (QED) is 0.821. The molecule has 3 rings (SSSR count). The van der Waals surface area contributed by atoms with Gasteiger partial charge in [-0.2, -0.15) is 0 Å². The van der Waals surface area contributed by atoms with Crippen LogP contribution in [0.3, 0.4) is 0 Å². The Labute approximate surface area is 146 Å². The van der Waals surface area contributed by atoms with Crippen molar-refractivity contribution in [1.29, 1.82) is 0 Å². The molecule has 2 aromatic carbocycles. The fraction of sp³-hybridized carbons (Fsp3) is 0.263. The lowest BCUT2D eigenvalue weighted by atomic mass is 10.1. The van der Waals surface area contributed by atoms with Crippen LogP contribution in [0.1, 0.15) is 12.5 Å². The van der Waals surface area contributed by atoms with E-state index in [0.29, 0.717) is 36.7 Å². The maximum absolute atomic E-state index is 12.5. The van der Waals surface area contributed by atoms with E-state index in [9.17, 15) is 9.59 Å². The van der Waals surface area contributed by atoms with Crippen LogP contribution >= 0.6 is 0 Å². The molecule has 2 amide bonds. The number of aryl methyl sites for hydroxylation is 1. The second-order valence-electron chi connectivity index (χ2n) is 5.86. The van der Waals surface area contributed by atoms with E-state index in [1.807, 2.05) is 31.2 Å². The van der Waals surface area contributed by atoms with Crippen molar-refractivity contribution in [3.8, 4) is 11.5 Å². The second-order valence-corrected chi connectivity index (χ2v) is 5.86. The molecular weight excluding hydrogens is 320 g/mol. The van der Waals surface area contributed by atoms with E-state index in [2.05, 4.69) is 5.32 Å². The molecule has 25 heavy (non-hydrogen) atoms. The number of hydrogen-bond donors (Lipinski definition) is 1. The van der Waals surface area contributed by atoms with Gasteiger partial charge in [-0.15, -0.1) is 0 Å². The maximum atomic E-state index is 12.5. The van der Waals surface area contributed by atoms with Gasteiger partial charge in [0.15, 0.2) is 6.10 Å². The van der Waals surface area contributed by atoms with E-state index in [4.69, 9.17) is 9.47 Å². The van der Waals surface area contributed by atoms with Crippen LogP contribution in [0.25, 0.3) is 0 Å². The Morgan fingerprint density at radius 1 is 1.24 bits per heavy atom. The molecule has 0 bridgehead atoms. The normalized spacial score (nSPS) is 16.0. The minimum Gasteiger partial charge on any atom is -0.492 e. The summed E-state index contributed by atoms with van der Waals surface area (Å²) in [6.07, 6.45) is 0.0186. The molecule has 1 unspecified atom stereocenters. The van der Waals surface area contributed by atoms with Crippen LogP contribution in [0.2, 0.25) is 0 Å². The van der Waals surface area contributed by atoms with Crippen LogP contribution in [-0.4, -0.2) is 31.6 Å². The summed E-state index contributed by atoms with van der Waals surface area (Å²) in [6, 6.07) is 13.0. The second kappa shape index (κ2) is 7.25. The van der Waals surface area contributed by atoms with Gasteiger partial charge in [-0.1, -0.05) is 17.7 Å². The van der Waals surface area contributed by atoms with Gasteiger partial charge in [-0.3, -0.25) is 9.59 Å². The Morgan fingerprint density at radius 3 is 2.72 bits per heavy atom. The van der Waals surface area contributed by atoms with E-state index >= 15 is 0 Å². The van der Waals surface area contributed by atoms with E-state index in [0.717, 1.165) is 11.3 Å². The number of rotatable bonds is 6. The van der Waals surface area contributed by atoms with Gasteiger partial charge in [0.25, 0.3) is 5.91 Å². The highest BCUT2D eigenvalue weighted by molar-refractivity contribution is 6.00. The summed E-state index contributed by atoms with van der Waals surface area (Å²) in [4.78, 5) is 24.7. The Morgan fingerprint density at radius 2 is 2.00 bits per heavy atom. The fourth-order valence-corrected chi connectivity index (χ4v) is 2.69. The molecule has 0 saturated carbocycles. The monoisotopic (exact) mass is 340 g/mol. The van der Waals surface area contributed by atoms with Gasteiger partial charge in [-0.25, -0.2) is 0 Å². The fourth-order valence-electron chi connectivity index (χ4n) is 2.69. The number of amides is 2. The van der Waals surface area contributed by atoms with Crippen molar-refractivity contribution in [3.63, 3.8) is 0 Å². The van der Waals surface area contributed by atoms with E-state index < -0.39 is 6.10 Å². The Hall–Kier alpha value is -3.02. The topological polar surface area (TPSA) is 67.9 Å². The van der Waals surface area contributed by atoms with Gasteiger partial charge in [-0.05, 0) is 38.1 Å². The average Bonchev–Trinajstić information content (AvgIpc) is 2.60. The van der Waals surface area contributed by atoms with Gasteiger partial charge in [0.1, 0.15) is 18.1 Å². The standard InChI is InChI=1S/C19H20N2O4/c1-13-3-6-16(7-4-13)24-10-9-21-17-8-5-15(20-12-22)11-18(17)25-14(2)19(21)23/h3-8,11-12,14H,9-10H2,1-2H3,(H,20,22). The van der Waals surface area contributed by atoms with E-state index in [1.165, 1.54) is 0 Å². The molecule has 6 nitrogen and oxygen atoms in total. The van der Waals surface area contributed by atoms with Crippen molar-refractivity contribution < 1.29 is 19.1 Å². The molecule has 0 radical (unpaired) electrons. The number of nitrogens with one attached hydrogen (secondary N) is 1. The largest absolute Gasteiger partial charge is 0.492 e. The molecule has 1 atom stereocenters. The highest BCUT2D eigenvalue weighted by Gasteiger charge is 2.31. The average molecular weight is 340 g/mol. The van der Waals surface area contributed by atoms with Crippen molar-refractivity contribution in [2.24, 2.45) is 0 Å². The molecule has 130 valence electrons. The predicted octanol–water partition coefficient (Wildman–Crippen LogP) is 2.76. The predicted molar refractivity (Wildman–Crippen MR) is 95.2 cm³/mol. The Kier molecular flexibility index (Phi) is 4.88. The summed E-state index contributed by atoms with van der Waals surface area (Å²) >= 11 is 0. The zero-order valence-corrected chi connectivity index (χ0v) is 14.2. The van der Waals surface area contributed by atoms with E-state index in [1.54, 1.807) is 30.0 Å². The molecule has 1 N–H and O–H groups in total. The van der Waals surface area contributed by atoms with Crippen molar-refractivity contribution in [2.45, 2.75) is 20.0 Å². The molecule has 0 saturated heterocycles. The van der Waals surface area contributed by atoms with Crippen LogP contribution in [0.4, 0.5) is 11.4 Å². The van der Waals surface area contributed by atoms with Gasteiger partial charge in [0.05, 0.1) is 12.2 Å². The number of carbonyl (C=O) groups excluding carboxylic acids is 2. The van der Waals surface area contributed by atoms with Crippen LogP contribution in [-0.2, 0) is 9.59 Å². The van der Waals surface area contributed by atoms with Crippen molar-refractivity contribution in [2.75, 3.05) is 23.4 Å². The highest BCUT2D eigenvalue weighted by Crippen LogP contribution is 2.36. The van der Waals surface area contributed by atoms with Crippen LogP contribution in [0.15, 0.2) is 42.5 Å². The molecule has 1 aliphatic rings. The number of ether oxygens (including phenoxy) is 2. The van der Waals surface area contributed by atoms with Gasteiger partial charge < -0.3 is 19.7 Å². The number of hydrogen-bond acceptors (Lipinski definition) is 4. The summed E-state index contributed by atoms with van der Waals surface area (Å²) in [6.45, 7) is 4.50. The Balaban J connectivity index is 1.72. The summed E-state index contributed by atoms with van der Waals surface area (Å²) in [5, 5.41) is 2.58. The van der Waals surface area contributed by atoms with Gasteiger partial charge in [0.2, 0.25) is 6.41 Å². The SMILES string of the molecule is Cc1ccc(OCCN2C(=O)C(C)Oc3cc(NC=O)ccc32)cc1. The summed E-state index contributed by atoms with van der Waals surface area (Å²) in [5.41, 5.74) is 2.46. The third-order valence-corrected chi connectivity index (χ3v) is 4.00. The minimum atomic E-state index is -0.585. The molecule has 0 aromatic heterocycles. The number of carbonyl (C=O) groups is 2. The lowest BCUT2D eigenvalue weighted by Crippen LogP contribution is -2.46. The van der Waals surface area contributed by atoms with Crippen molar-refractivity contribution in [1.82, 2.24) is 0 Å². The summed E-state index contributed by atoms with van der Waals surface area (Å²) < 4.78 is 11.4. The summed E-state index contributed by atoms with van der Waals surface area (Å²) in [5.74, 6) is 1.22. The highest BCUT2D eigenvalue weighted by atomic mass is 16.5. The zero-order valence-electron chi connectivity index (χ0n) is 14.2. The number of benzene rings is 2. The molecular formula is C19H20N2O4. The Bertz CT molecular complexity index is 773. The molecule has 2 aromatic rings. The lowest BCUT2D eigenvalue weighted by Gasteiger charge is -2.33. The lowest BCUT2D eigenvalue weighted by molar-refractivity contribution is -0.125. The van der Waals surface area contributed by atoms with Crippen molar-refractivity contribution in [3.05, 3.63) is 48.0 Å². The van der Waals surface area contributed by atoms with Crippen LogP contribution < -0.4 is 19.7 Å². The minimum absolute atomic E-state index is 0.115. The molecule has 6 heteroatoms.